The van der Waals surface area contributed by atoms with E-state index in [4.69, 9.17) is 0 Å². The molecular weight excluding hydrogens is 346 g/mol. The fourth-order valence-corrected chi connectivity index (χ4v) is 3.10. The summed E-state index contributed by atoms with van der Waals surface area (Å²) in [5, 5.41) is 6.44. The summed E-state index contributed by atoms with van der Waals surface area (Å²) in [6, 6.07) is 27.6. The van der Waals surface area contributed by atoms with Crippen LogP contribution in [0.4, 0.5) is 11.4 Å². The number of rotatable bonds is 8. The number of carbonyl (C=O) groups is 1. The number of carbonyl (C=O) groups excluding carboxylic acids is 1. The minimum absolute atomic E-state index is 0.0364. The van der Waals surface area contributed by atoms with E-state index in [0.717, 1.165) is 35.6 Å². The normalized spacial score (nSPS) is 10.9. The third-order valence-electron chi connectivity index (χ3n) is 4.57. The highest BCUT2D eigenvalue weighted by atomic mass is 16.1. The van der Waals surface area contributed by atoms with Gasteiger partial charge in [0.2, 0.25) is 5.91 Å². The van der Waals surface area contributed by atoms with Crippen molar-refractivity contribution in [1.29, 1.82) is 0 Å². The number of hydrogen-bond donors (Lipinski definition) is 2. The fraction of sp³-hybridized carbons (Fsp3) is 0.208. The molecule has 3 aromatic carbocycles. The molecule has 4 nitrogen and oxygen atoms in total. The first-order chi connectivity index (χ1) is 13.6. The first-order valence-corrected chi connectivity index (χ1v) is 9.53. The third kappa shape index (κ3) is 5.44. The van der Waals surface area contributed by atoms with Crippen LogP contribution in [0.2, 0.25) is 0 Å². The number of amides is 1. The van der Waals surface area contributed by atoms with Gasteiger partial charge in [0.25, 0.3) is 0 Å². The summed E-state index contributed by atoms with van der Waals surface area (Å²) in [6.07, 6.45) is 0. The second kappa shape index (κ2) is 9.72. The lowest BCUT2D eigenvalue weighted by molar-refractivity contribution is -0.116. The van der Waals surface area contributed by atoms with Gasteiger partial charge in [-0.3, -0.25) is 4.79 Å². The lowest BCUT2D eigenvalue weighted by atomic mass is 9.90. The van der Waals surface area contributed by atoms with Gasteiger partial charge in [0, 0.05) is 24.5 Å². The minimum atomic E-state index is -0.347. The molecule has 0 aliphatic heterocycles. The Hall–Kier alpha value is -3.11. The van der Waals surface area contributed by atoms with Gasteiger partial charge in [0.05, 0.1) is 5.92 Å². The van der Waals surface area contributed by atoms with Gasteiger partial charge < -0.3 is 15.5 Å². The van der Waals surface area contributed by atoms with E-state index in [2.05, 4.69) is 29.6 Å². The highest BCUT2D eigenvalue weighted by Gasteiger charge is 2.22. The summed E-state index contributed by atoms with van der Waals surface area (Å²) in [6.45, 7) is 1.84. The number of nitrogens with one attached hydrogen (secondary N) is 2. The first-order valence-electron chi connectivity index (χ1n) is 9.53. The van der Waals surface area contributed by atoms with Crippen LogP contribution in [-0.2, 0) is 4.79 Å². The molecule has 3 rings (SSSR count). The Morgan fingerprint density at radius 2 is 1.29 bits per heavy atom. The van der Waals surface area contributed by atoms with Crippen LogP contribution in [0.15, 0.2) is 84.9 Å². The Morgan fingerprint density at radius 3 is 1.79 bits per heavy atom. The van der Waals surface area contributed by atoms with Gasteiger partial charge in [-0.05, 0) is 49.5 Å². The standard InChI is InChI=1S/C24H27N3O/c1-27(2)18-17-25-21-13-15-22(16-14-21)26-24(28)23(19-9-5-3-6-10-19)20-11-7-4-8-12-20/h3-16,23,25H,17-18H2,1-2H3,(H,26,28). The van der Waals surface area contributed by atoms with Gasteiger partial charge in [-0.25, -0.2) is 0 Å². The summed E-state index contributed by atoms with van der Waals surface area (Å²) >= 11 is 0. The molecule has 1 amide bonds. The molecule has 4 heteroatoms. The lowest BCUT2D eigenvalue weighted by Gasteiger charge is -2.18. The fourth-order valence-electron chi connectivity index (χ4n) is 3.10. The average Bonchev–Trinajstić information content (AvgIpc) is 2.71. The summed E-state index contributed by atoms with van der Waals surface area (Å²) in [5.41, 5.74) is 3.80. The van der Waals surface area contributed by atoms with E-state index in [1.807, 2.05) is 84.9 Å². The molecule has 28 heavy (non-hydrogen) atoms. The quantitative estimate of drug-likeness (QED) is 0.614. The van der Waals surface area contributed by atoms with E-state index < -0.39 is 0 Å². The topological polar surface area (TPSA) is 44.4 Å². The zero-order chi connectivity index (χ0) is 19.8. The molecule has 0 bridgehead atoms. The monoisotopic (exact) mass is 373 g/mol. The van der Waals surface area contributed by atoms with Crippen LogP contribution in [0.1, 0.15) is 17.0 Å². The number of anilines is 2. The zero-order valence-corrected chi connectivity index (χ0v) is 16.4. The van der Waals surface area contributed by atoms with E-state index >= 15 is 0 Å². The van der Waals surface area contributed by atoms with E-state index in [1.54, 1.807) is 0 Å². The molecule has 0 aliphatic carbocycles. The molecule has 0 atom stereocenters. The summed E-state index contributed by atoms with van der Waals surface area (Å²) < 4.78 is 0. The molecule has 0 heterocycles. The highest BCUT2D eigenvalue weighted by molar-refractivity contribution is 5.98. The molecule has 144 valence electrons. The Labute approximate surface area is 167 Å². The van der Waals surface area contributed by atoms with Crippen molar-refractivity contribution in [1.82, 2.24) is 4.90 Å². The number of benzene rings is 3. The maximum Gasteiger partial charge on any atom is 0.236 e. The lowest BCUT2D eigenvalue weighted by Crippen LogP contribution is -2.22. The predicted octanol–water partition coefficient (Wildman–Crippen LogP) is 4.43. The maximum atomic E-state index is 13.1. The molecule has 0 aliphatic rings. The molecule has 0 radical (unpaired) electrons. The van der Waals surface area contributed by atoms with Gasteiger partial charge >= 0.3 is 0 Å². The highest BCUT2D eigenvalue weighted by Crippen LogP contribution is 2.26. The molecule has 0 spiro atoms. The second-order valence-corrected chi connectivity index (χ2v) is 7.05. The van der Waals surface area contributed by atoms with Crippen molar-refractivity contribution in [2.24, 2.45) is 0 Å². The molecule has 0 unspecified atom stereocenters. The van der Waals surface area contributed by atoms with Gasteiger partial charge in [0.1, 0.15) is 0 Å². The molecule has 2 N–H and O–H groups in total. The van der Waals surface area contributed by atoms with Gasteiger partial charge in [0.15, 0.2) is 0 Å². The summed E-state index contributed by atoms with van der Waals surface area (Å²) in [5.74, 6) is -0.383. The minimum Gasteiger partial charge on any atom is -0.384 e. The molecular formula is C24H27N3O. The first kappa shape index (κ1) is 19.6. The molecule has 0 aromatic heterocycles. The van der Waals surface area contributed by atoms with Crippen LogP contribution < -0.4 is 10.6 Å². The van der Waals surface area contributed by atoms with E-state index in [1.165, 1.54) is 0 Å². The largest absolute Gasteiger partial charge is 0.384 e. The van der Waals surface area contributed by atoms with Crippen molar-refractivity contribution in [2.45, 2.75) is 5.92 Å². The van der Waals surface area contributed by atoms with Crippen LogP contribution in [0.5, 0.6) is 0 Å². The Kier molecular flexibility index (Phi) is 6.82. The molecule has 0 saturated heterocycles. The van der Waals surface area contributed by atoms with Crippen LogP contribution >= 0.6 is 0 Å². The molecule has 3 aromatic rings. The Balaban J connectivity index is 1.72. The second-order valence-electron chi connectivity index (χ2n) is 7.05. The smallest absolute Gasteiger partial charge is 0.236 e. The Morgan fingerprint density at radius 1 is 0.786 bits per heavy atom. The van der Waals surface area contributed by atoms with E-state index in [0.29, 0.717) is 0 Å². The van der Waals surface area contributed by atoms with Crippen molar-refractivity contribution in [2.75, 3.05) is 37.8 Å². The van der Waals surface area contributed by atoms with Crippen molar-refractivity contribution < 1.29 is 4.79 Å². The van der Waals surface area contributed by atoms with Crippen molar-refractivity contribution in [3.63, 3.8) is 0 Å². The molecule has 0 saturated carbocycles. The number of likely N-dealkylation sites (N-methyl/N-ethyl adjacent to an activating group) is 1. The number of nitrogens with zero attached hydrogens (tertiary/aromatic N) is 1. The van der Waals surface area contributed by atoms with Crippen LogP contribution in [0.25, 0.3) is 0 Å². The zero-order valence-electron chi connectivity index (χ0n) is 16.4. The van der Waals surface area contributed by atoms with Gasteiger partial charge in [-0.1, -0.05) is 60.7 Å². The van der Waals surface area contributed by atoms with Crippen molar-refractivity contribution >= 4 is 17.3 Å². The third-order valence-corrected chi connectivity index (χ3v) is 4.57. The summed E-state index contributed by atoms with van der Waals surface area (Å²) in [7, 11) is 4.10. The van der Waals surface area contributed by atoms with E-state index in [9.17, 15) is 4.79 Å². The van der Waals surface area contributed by atoms with Crippen LogP contribution in [0.3, 0.4) is 0 Å². The van der Waals surface area contributed by atoms with Crippen molar-refractivity contribution in [3.8, 4) is 0 Å². The van der Waals surface area contributed by atoms with Gasteiger partial charge in [-0.15, -0.1) is 0 Å². The molecule has 0 fully saturated rings. The summed E-state index contributed by atoms with van der Waals surface area (Å²) in [4.78, 5) is 15.2. The van der Waals surface area contributed by atoms with Gasteiger partial charge in [-0.2, -0.15) is 0 Å². The van der Waals surface area contributed by atoms with Crippen molar-refractivity contribution in [3.05, 3.63) is 96.1 Å². The maximum absolute atomic E-state index is 13.1. The van der Waals surface area contributed by atoms with Crippen LogP contribution in [-0.4, -0.2) is 38.0 Å². The Bertz CT molecular complexity index is 822. The SMILES string of the molecule is CN(C)CCNc1ccc(NC(=O)C(c2ccccc2)c2ccccc2)cc1. The predicted molar refractivity (Wildman–Crippen MR) is 117 cm³/mol. The average molecular weight is 374 g/mol. The number of hydrogen-bond acceptors (Lipinski definition) is 3. The van der Waals surface area contributed by atoms with Crippen LogP contribution in [0, 0.1) is 0 Å². The van der Waals surface area contributed by atoms with E-state index in [-0.39, 0.29) is 11.8 Å².